The van der Waals surface area contributed by atoms with Crippen molar-refractivity contribution in [1.29, 1.82) is 0 Å². The molecule has 0 aliphatic carbocycles. The Bertz CT molecular complexity index is 658. The number of phenols is 1. The highest BCUT2D eigenvalue weighted by Gasteiger charge is 2.32. The number of amides is 1. The molecule has 0 radical (unpaired) electrons. The summed E-state index contributed by atoms with van der Waals surface area (Å²) >= 11 is 3.48. The molecule has 1 fully saturated rings. The molecule has 0 unspecified atom stereocenters. The maximum atomic E-state index is 12.4. The second kappa shape index (κ2) is 7.36. The van der Waals surface area contributed by atoms with Crippen molar-refractivity contribution in [3.63, 3.8) is 0 Å². The second-order valence-corrected chi connectivity index (χ2v) is 6.72. The normalized spacial score (nSPS) is 18.5. The molecule has 7 heteroatoms. The SMILES string of the molecule is CCN=C1S/C(=C\c2cc(I)cc(OC)c2O)C(=O)N1CC. The molecule has 5 nitrogen and oxygen atoms in total. The van der Waals surface area contributed by atoms with Crippen LogP contribution in [0, 0.1) is 3.57 Å². The number of carbonyl (C=O) groups excluding carboxylic acids is 1. The van der Waals surface area contributed by atoms with Gasteiger partial charge in [0.25, 0.3) is 5.91 Å². The van der Waals surface area contributed by atoms with Crippen LogP contribution in [0.15, 0.2) is 22.0 Å². The van der Waals surface area contributed by atoms with E-state index in [9.17, 15) is 9.90 Å². The van der Waals surface area contributed by atoms with Crippen molar-refractivity contribution < 1.29 is 14.6 Å². The third kappa shape index (κ3) is 3.40. The monoisotopic (exact) mass is 432 g/mol. The highest BCUT2D eigenvalue weighted by molar-refractivity contribution is 14.1. The molecule has 1 saturated heterocycles. The number of methoxy groups -OCH3 is 1. The number of phenolic OH excluding ortho intramolecular Hbond substituents is 1. The van der Waals surface area contributed by atoms with E-state index in [0.29, 0.717) is 34.5 Å². The van der Waals surface area contributed by atoms with Gasteiger partial charge in [0.15, 0.2) is 16.7 Å². The topological polar surface area (TPSA) is 62.1 Å². The number of benzene rings is 1. The van der Waals surface area contributed by atoms with Crippen LogP contribution in [-0.4, -0.2) is 41.3 Å². The maximum Gasteiger partial charge on any atom is 0.266 e. The highest BCUT2D eigenvalue weighted by atomic mass is 127. The lowest BCUT2D eigenvalue weighted by molar-refractivity contribution is -0.122. The van der Waals surface area contributed by atoms with Crippen molar-refractivity contribution in [3.8, 4) is 11.5 Å². The summed E-state index contributed by atoms with van der Waals surface area (Å²) in [5, 5.41) is 10.9. The van der Waals surface area contributed by atoms with Gasteiger partial charge in [-0.25, -0.2) is 0 Å². The number of aromatic hydroxyl groups is 1. The molecule has 2 rings (SSSR count). The van der Waals surface area contributed by atoms with Gasteiger partial charge in [-0.2, -0.15) is 0 Å². The highest BCUT2D eigenvalue weighted by Crippen LogP contribution is 2.37. The van der Waals surface area contributed by atoms with Gasteiger partial charge in [0, 0.05) is 22.2 Å². The molecular weight excluding hydrogens is 415 g/mol. The maximum absolute atomic E-state index is 12.4. The summed E-state index contributed by atoms with van der Waals surface area (Å²) in [5.74, 6) is 0.341. The minimum atomic E-state index is -0.0862. The van der Waals surface area contributed by atoms with E-state index in [1.165, 1.54) is 18.9 Å². The molecular formula is C15H17IN2O3S. The van der Waals surface area contributed by atoms with Crippen LogP contribution in [0.5, 0.6) is 11.5 Å². The van der Waals surface area contributed by atoms with Crippen LogP contribution in [0.4, 0.5) is 0 Å². The summed E-state index contributed by atoms with van der Waals surface area (Å²) in [6.45, 7) is 5.05. The smallest absolute Gasteiger partial charge is 0.266 e. The van der Waals surface area contributed by atoms with Crippen LogP contribution >= 0.6 is 34.4 Å². The Labute approximate surface area is 147 Å². The Morgan fingerprint density at radius 3 is 2.77 bits per heavy atom. The zero-order valence-corrected chi connectivity index (χ0v) is 15.6. The minimum absolute atomic E-state index is 0.0349. The van der Waals surface area contributed by atoms with Gasteiger partial charge in [0.2, 0.25) is 0 Å². The zero-order valence-electron chi connectivity index (χ0n) is 12.6. The molecule has 0 spiro atoms. The van der Waals surface area contributed by atoms with Crippen molar-refractivity contribution in [2.75, 3.05) is 20.2 Å². The second-order valence-electron chi connectivity index (χ2n) is 4.46. The van der Waals surface area contributed by atoms with Gasteiger partial charge >= 0.3 is 0 Å². The lowest BCUT2D eigenvalue weighted by atomic mass is 10.1. The third-order valence-corrected chi connectivity index (χ3v) is 4.74. The first-order chi connectivity index (χ1) is 10.5. The Balaban J connectivity index is 2.44. The fourth-order valence-electron chi connectivity index (χ4n) is 2.04. The van der Waals surface area contributed by atoms with Gasteiger partial charge in [0.05, 0.1) is 12.0 Å². The predicted molar refractivity (Wildman–Crippen MR) is 98.3 cm³/mol. The van der Waals surface area contributed by atoms with Crippen molar-refractivity contribution in [2.45, 2.75) is 13.8 Å². The number of likely N-dealkylation sites (N-methyl/N-ethyl adjacent to an activating group) is 1. The number of thioether (sulfide) groups is 1. The number of amidine groups is 1. The summed E-state index contributed by atoms with van der Waals surface area (Å²) in [7, 11) is 1.50. The molecule has 1 N–H and O–H groups in total. The van der Waals surface area contributed by atoms with Crippen molar-refractivity contribution in [3.05, 3.63) is 26.2 Å². The summed E-state index contributed by atoms with van der Waals surface area (Å²) in [6.07, 6.45) is 1.69. The van der Waals surface area contributed by atoms with Gasteiger partial charge in [-0.05, 0) is 66.4 Å². The van der Waals surface area contributed by atoms with Crippen LogP contribution in [0.2, 0.25) is 0 Å². The van der Waals surface area contributed by atoms with E-state index in [1.54, 1.807) is 17.0 Å². The molecule has 118 valence electrons. The van der Waals surface area contributed by atoms with E-state index < -0.39 is 0 Å². The molecule has 1 amide bonds. The van der Waals surface area contributed by atoms with E-state index in [1.807, 2.05) is 19.9 Å². The number of hydrogen-bond donors (Lipinski definition) is 1. The average molecular weight is 432 g/mol. The van der Waals surface area contributed by atoms with Crippen molar-refractivity contribution >= 4 is 51.5 Å². The zero-order chi connectivity index (χ0) is 16.3. The Hall–Kier alpha value is -1.22. The molecule has 1 aliphatic rings. The molecule has 22 heavy (non-hydrogen) atoms. The largest absolute Gasteiger partial charge is 0.504 e. The van der Waals surface area contributed by atoms with Crippen LogP contribution in [0.25, 0.3) is 6.08 Å². The molecule has 0 atom stereocenters. The predicted octanol–water partition coefficient (Wildman–Crippen LogP) is 3.32. The van der Waals surface area contributed by atoms with Gasteiger partial charge in [-0.1, -0.05) is 0 Å². The number of carbonyl (C=O) groups is 1. The fourth-order valence-corrected chi connectivity index (χ4v) is 3.76. The van der Waals surface area contributed by atoms with Gasteiger partial charge in [-0.15, -0.1) is 0 Å². The minimum Gasteiger partial charge on any atom is -0.504 e. The van der Waals surface area contributed by atoms with Crippen LogP contribution in [-0.2, 0) is 4.79 Å². The van der Waals surface area contributed by atoms with Crippen LogP contribution in [0.1, 0.15) is 19.4 Å². The Kier molecular flexibility index (Phi) is 5.74. The molecule has 1 heterocycles. The Morgan fingerprint density at radius 1 is 1.45 bits per heavy atom. The van der Waals surface area contributed by atoms with E-state index in [-0.39, 0.29) is 11.7 Å². The van der Waals surface area contributed by atoms with E-state index in [2.05, 4.69) is 27.6 Å². The lowest BCUT2D eigenvalue weighted by Crippen LogP contribution is -2.28. The molecule has 0 aromatic heterocycles. The molecule has 0 bridgehead atoms. The van der Waals surface area contributed by atoms with Crippen LogP contribution < -0.4 is 4.74 Å². The number of halogens is 1. The lowest BCUT2D eigenvalue weighted by Gasteiger charge is -2.11. The number of rotatable bonds is 4. The number of aliphatic imine (C=N–C) groups is 1. The molecule has 1 aromatic carbocycles. The quantitative estimate of drug-likeness (QED) is 0.586. The standard InChI is InChI=1S/C15H17IN2O3S/c1-4-17-15-18(5-2)14(20)12(22-15)7-9-6-10(16)8-11(21-3)13(9)19/h6-8,19H,4-5H2,1-3H3/b12-7-,17-15?. The summed E-state index contributed by atoms with van der Waals surface area (Å²) in [4.78, 5) is 19.0. The van der Waals surface area contributed by atoms with Crippen LogP contribution in [0.3, 0.4) is 0 Å². The van der Waals surface area contributed by atoms with E-state index in [4.69, 9.17) is 4.74 Å². The van der Waals surface area contributed by atoms with Gasteiger partial charge in [0.1, 0.15) is 0 Å². The summed E-state index contributed by atoms with van der Waals surface area (Å²) < 4.78 is 6.07. The van der Waals surface area contributed by atoms with Crippen molar-refractivity contribution in [1.82, 2.24) is 4.90 Å². The van der Waals surface area contributed by atoms with E-state index in [0.717, 1.165) is 3.57 Å². The first kappa shape index (κ1) is 17.1. The number of nitrogens with zero attached hydrogens (tertiary/aromatic N) is 2. The van der Waals surface area contributed by atoms with Crippen molar-refractivity contribution in [2.24, 2.45) is 4.99 Å². The average Bonchev–Trinajstić information content (AvgIpc) is 2.78. The van der Waals surface area contributed by atoms with Gasteiger partial charge in [-0.3, -0.25) is 14.7 Å². The molecule has 1 aliphatic heterocycles. The molecule has 0 saturated carbocycles. The first-order valence-corrected chi connectivity index (χ1v) is 8.73. The van der Waals surface area contributed by atoms with Gasteiger partial charge < -0.3 is 9.84 Å². The summed E-state index contributed by atoms with van der Waals surface area (Å²) in [5.41, 5.74) is 0.563. The number of hydrogen-bond acceptors (Lipinski definition) is 5. The molecule has 1 aromatic rings. The van der Waals surface area contributed by atoms with E-state index >= 15 is 0 Å². The third-order valence-electron chi connectivity index (χ3n) is 3.07. The summed E-state index contributed by atoms with van der Waals surface area (Å²) in [6, 6.07) is 3.55. The number of ether oxygens (including phenoxy) is 1. The fraction of sp³-hybridized carbons (Fsp3) is 0.333. The Morgan fingerprint density at radius 2 is 2.18 bits per heavy atom. The first-order valence-electron chi connectivity index (χ1n) is 6.84.